The predicted octanol–water partition coefficient (Wildman–Crippen LogP) is 2.67. The molecule has 3 heteroatoms. The fourth-order valence-corrected chi connectivity index (χ4v) is 2.39. The van der Waals surface area contributed by atoms with Crippen LogP contribution in [0.15, 0.2) is 12.7 Å². The first-order valence-electron chi connectivity index (χ1n) is 6.20. The van der Waals surface area contributed by atoms with Gasteiger partial charge in [-0.05, 0) is 52.1 Å². The van der Waals surface area contributed by atoms with Gasteiger partial charge >= 0.3 is 5.97 Å². The van der Waals surface area contributed by atoms with Gasteiger partial charge < -0.3 is 5.11 Å². The largest absolute Gasteiger partial charge is 0.480 e. The Balaban J connectivity index is 2.30. The molecule has 3 nitrogen and oxygen atoms in total. The van der Waals surface area contributed by atoms with Crippen LogP contribution in [-0.2, 0) is 4.79 Å². The van der Waals surface area contributed by atoms with E-state index in [1.807, 2.05) is 13.0 Å². The van der Waals surface area contributed by atoms with E-state index in [1.54, 1.807) is 0 Å². The lowest BCUT2D eigenvalue weighted by Gasteiger charge is -2.31. The molecule has 0 aromatic carbocycles. The fourth-order valence-electron chi connectivity index (χ4n) is 2.39. The van der Waals surface area contributed by atoms with Crippen molar-refractivity contribution in [2.75, 3.05) is 13.1 Å². The van der Waals surface area contributed by atoms with Crippen LogP contribution >= 0.6 is 0 Å². The van der Waals surface area contributed by atoms with E-state index in [-0.39, 0.29) is 0 Å². The third kappa shape index (κ3) is 3.08. The number of allylic oxidation sites excluding steroid dienone is 1. The zero-order valence-electron chi connectivity index (χ0n) is 10.2. The number of carboxylic acids is 1. The van der Waals surface area contributed by atoms with Crippen LogP contribution in [0.25, 0.3) is 0 Å². The van der Waals surface area contributed by atoms with E-state index in [2.05, 4.69) is 11.5 Å². The first kappa shape index (κ1) is 13.2. The lowest BCUT2D eigenvalue weighted by molar-refractivity contribution is -0.148. The molecule has 0 bridgehead atoms. The Bertz CT molecular complexity index is 252. The van der Waals surface area contributed by atoms with Crippen molar-refractivity contribution in [2.45, 2.75) is 51.0 Å². The summed E-state index contributed by atoms with van der Waals surface area (Å²) in [6.45, 7) is 7.40. The summed E-state index contributed by atoms with van der Waals surface area (Å²) < 4.78 is 0. The maximum absolute atomic E-state index is 11.2. The minimum atomic E-state index is -0.670. The van der Waals surface area contributed by atoms with Crippen LogP contribution in [0.4, 0.5) is 0 Å². The highest BCUT2D eigenvalue weighted by atomic mass is 16.4. The Morgan fingerprint density at radius 3 is 2.88 bits per heavy atom. The summed E-state index contributed by atoms with van der Waals surface area (Å²) >= 11 is 0. The SMILES string of the molecule is C=CCCCCCN1CCCC1(C)C(=O)O. The number of likely N-dealkylation sites (tertiary alicyclic amines) is 1. The van der Waals surface area contributed by atoms with Crippen molar-refractivity contribution in [2.24, 2.45) is 0 Å². The third-order valence-electron chi connectivity index (χ3n) is 3.59. The Kier molecular flexibility index (Phi) is 5.00. The normalized spacial score (nSPS) is 25.8. The molecule has 1 heterocycles. The molecule has 1 aliphatic heterocycles. The molecule has 16 heavy (non-hydrogen) atoms. The van der Waals surface area contributed by atoms with Crippen LogP contribution < -0.4 is 0 Å². The summed E-state index contributed by atoms with van der Waals surface area (Å²) in [5, 5.41) is 9.23. The molecule has 1 aliphatic rings. The van der Waals surface area contributed by atoms with Crippen LogP contribution in [0, 0.1) is 0 Å². The number of rotatable bonds is 7. The molecule has 1 atom stereocenters. The van der Waals surface area contributed by atoms with Gasteiger partial charge in [0.2, 0.25) is 0 Å². The number of aliphatic carboxylic acids is 1. The molecule has 1 unspecified atom stereocenters. The Morgan fingerprint density at radius 2 is 2.25 bits per heavy atom. The van der Waals surface area contributed by atoms with E-state index in [1.165, 1.54) is 6.42 Å². The molecular formula is C13H23NO2. The van der Waals surface area contributed by atoms with E-state index in [4.69, 9.17) is 0 Å². The van der Waals surface area contributed by atoms with Gasteiger partial charge in [-0.25, -0.2) is 0 Å². The maximum atomic E-state index is 11.2. The quantitative estimate of drug-likeness (QED) is 0.535. The van der Waals surface area contributed by atoms with Crippen LogP contribution in [0.3, 0.4) is 0 Å². The van der Waals surface area contributed by atoms with Gasteiger partial charge in [0.25, 0.3) is 0 Å². The minimum absolute atomic E-state index is 0.613. The lowest BCUT2D eigenvalue weighted by Crippen LogP contribution is -2.48. The van der Waals surface area contributed by atoms with E-state index >= 15 is 0 Å². The summed E-state index contributed by atoms with van der Waals surface area (Å²) in [5.74, 6) is -0.670. The van der Waals surface area contributed by atoms with Gasteiger partial charge in [-0.15, -0.1) is 6.58 Å². The second-order valence-corrected chi connectivity index (χ2v) is 4.81. The van der Waals surface area contributed by atoms with Gasteiger partial charge in [0, 0.05) is 0 Å². The molecule has 1 N–H and O–H groups in total. The molecular weight excluding hydrogens is 202 g/mol. The van der Waals surface area contributed by atoms with Gasteiger partial charge in [0.1, 0.15) is 5.54 Å². The summed E-state index contributed by atoms with van der Waals surface area (Å²) in [6, 6.07) is 0. The van der Waals surface area contributed by atoms with Crippen molar-refractivity contribution in [3.63, 3.8) is 0 Å². The van der Waals surface area contributed by atoms with Crippen LogP contribution in [0.2, 0.25) is 0 Å². The number of unbranched alkanes of at least 4 members (excludes halogenated alkanes) is 3. The highest BCUT2D eigenvalue weighted by molar-refractivity contribution is 5.78. The molecule has 1 rings (SSSR count). The van der Waals surface area contributed by atoms with Crippen molar-refractivity contribution in [3.8, 4) is 0 Å². The molecule has 0 radical (unpaired) electrons. The average Bonchev–Trinajstić information content (AvgIpc) is 2.61. The fraction of sp³-hybridized carbons (Fsp3) is 0.769. The highest BCUT2D eigenvalue weighted by Gasteiger charge is 2.42. The van der Waals surface area contributed by atoms with E-state index in [9.17, 15) is 9.90 Å². The van der Waals surface area contributed by atoms with Crippen molar-refractivity contribution in [1.29, 1.82) is 0 Å². The number of carbonyl (C=O) groups is 1. The van der Waals surface area contributed by atoms with Gasteiger partial charge in [0.05, 0.1) is 0 Å². The molecule has 1 saturated heterocycles. The molecule has 0 amide bonds. The second-order valence-electron chi connectivity index (χ2n) is 4.81. The molecule has 0 aromatic heterocycles. The van der Waals surface area contributed by atoms with Crippen LogP contribution in [0.5, 0.6) is 0 Å². The molecule has 1 fully saturated rings. The minimum Gasteiger partial charge on any atom is -0.480 e. The van der Waals surface area contributed by atoms with Gasteiger partial charge in [-0.2, -0.15) is 0 Å². The smallest absolute Gasteiger partial charge is 0.323 e. The third-order valence-corrected chi connectivity index (χ3v) is 3.59. The Hall–Kier alpha value is -0.830. The lowest BCUT2D eigenvalue weighted by atomic mass is 9.99. The monoisotopic (exact) mass is 225 g/mol. The van der Waals surface area contributed by atoms with E-state index < -0.39 is 11.5 Å². The topological polar surface area (TPSA) is 40.5 Å². The predicted molar refractivity (Wildman–Crippen MR) is 65.5 cm³/mol. The summed E-state index contributed by atoms with van der Waals surface area (Å²) in [4.78, 5) is 13.3. The highest BCUT2D eigenvalue weighted by Crippen LogP contribution is 2.29. The number of hydrogen-bond acceptors (Lipinski definition) is 2. The van der Waals surface area contributed by atoms with Crippen LogP contribution in [0.1, 0.15) is 45.4 Å². The number of nitrogens with zero attached hydrogens (tertiary/aromatic N) is 1. The summed E-state index contributed by atoms with van der Waals surface area (Å²) in [7, 11) is 0. The van der Waals surface area contributed by atoms with Gasteiger partial charge in [-0.1, -0.05) is 12.5 Å². The molecule has 0 spiro atoms. The van der Waals surface area contributed by atoms with Crippen molar-refractivity contribution in [1.82, 2.24) is 4.90 Å². The van der Waals surface area contributed by atoms with Crippen molar-refractivity contribution >= 4 is 5.97 Å². The Morgan fingerprint density at radius 1 is 1.50 bits per heavy atom. The van der Waals surface area contributed by atoms with Gasteiger partial charge in [-0.3, -0.25) is 9.69 Å². The number of hydrogen-bond donors (Lipinski definition) is 1. The summed E-state index contributed by atoms with van der Waals surface area (Å²) in [6.07, 6.45) is 8.23. The van der Waals surface area contributed by atoms with Crippen molar-refractivity contribution in [3.05, 3.63) is 12.7 Å². The zero-order valence-corrected chi connectivity index (χ0v) is 10.2. The van der Waals surface area contributed by atoms with Crippen molar-refractivity contribution < 1.29 is 9.90 Å². The summed E-state index contributed by atoms with van der Waals surface area (Å²) in [5.41, 5.74) is -0.613. The van der Waals surface area contributed by atoms with Gasteiger partial charge in [0.15, 0.2) is 0 Å². The standard InChI is InChI=1S/C13H23NO2/c1-3-4-5-6-7-10-14-11-8-9-13(14,2)12(15)16/h3H,1,4-11H2,2H3,(H,15,16). The Labute approximate surface area is 98.1 Å². The van der Waals surface area contributed by atoms with Crippen LogP contribution in [-0.4, -0.2) is 34.6 Å². The zero-order chi connectivity index (χ0) is 12.0. The average molecular weight is 225 g/mol. The molecule has 0 aliphatic carbocycles. The number of carboxylic acid groups (broad SMARTS) is 1. The maximum Gasteiger partial charge on any atom is 0.323 e. The molecule has 0 aromatic rings. The molecule has 0 saturated carbocycles. The molecule has 92 valence electrons. The van der Waals surface area contributed by atoms with E-state index in [0.717, 1.165) is 45.2 Å². The van der Waals surface area contributed by atoms with E-state index in [0.29, 0.717) is 0 Å². The first-order valence-corrected chi connectivity index (χ1v) is 6.20. The first-order chi connectivity index (χ1) is 7.61. The second kappa shape index (κ2) is 6.04.